The lowest BCUT2D eigenvalue weighted by molar-refractivity contribution is 0.493. The summed E-state index contributed by atoms with van der Waals surface area (Å²) < 4.78 is 12.6. The molecule has 0 amide bonds. The van der Waals surface area contributed by atoms with Gasteiger partial charge in [0.25, 0.3) is 0 Å². The van der Waals surface area contributed by atoms with Gasteiger partial charge in [0.05, 0.1) is 0 Å². The summed E-state index contributed by atoms with van der Waals surface area (Å²) in [5.74, 6) is 0.427. The maximum atomic E-state index is 12.6. The second-order valence-corrected chi connectivity index (χ2v) is 4.22. The van der Waals surface area contributed by atoms with Gasteiger partial charge in [-0.2, -0.15) is 0 Å². The lowest BCUT2D eigenvalue weighted by atomic mass is 9.98. The fourth-order valence-electron chi connectivity index (χ4n) is 1.61. The van der Waals surface area contributed by atoms with Crippen LogP contribution in [-0.2, 0) is 6.42 Å². The van der Waals surface area contributed by atoms with Crippen molar-refractivity contribution in [1.82, 2.24) is 0 Å². The average Bonchev–Trinajstić information content (AvgIpc) is 2.07. The average molecular weight is 195 g/mol. The van der Waals surface area contributed by atoms with Crippen molar-refractivity contribution in [2.45, 2.75) is 32.7 Å². The molecule has 0 radical (unpaired) electrons. The highest BCUT2D eigenvalue weighted by atomic mass is 19.1. The molecule has 1 nitrogen and oxygen atoms in total. The third-order valence-corrected chi connectivity index (χ3v) is 2.19. The molecule has 0 saturated heterocycles. The van der Waals surface area contributed by atoms with Crippen LogP contribution in [0.15, 0.2) is 24.3 Å². The number of hydrogen-bond acceptors (Lipinski definition) is 1. The summed E-state index contributed by atoms with van der Waals surface area (Å²) in [4.78, 5) is 0. The normalized spacial score (nSPS) is 13.2. The molecule has 1 unspecified atom stereocenters. The van der Waals surface area contributed by atoms with Gasteiger partial charge in [-0.3, -0.25) is 0 Å². The molecular weight excluding hydrogens is 177 g/mol. The monoisotopic (exact) mass is 195 g/mol. The molecule has 2 heteroatoms. The van der Waals surface area contributed by atoms with E-state index in [1.807, 2.05) is 0 Å². The first-order valence-corrected chi connectivity index (χ1v) is 5.08. The SMILES string of the molecule is CC(C)CC(N)Cc1ccc(F)cc1. The zero-order valence-electron chi connectivity index (χ0n) is 8.83. The second-order valence-electron chi connectivity index (χ2n) is 4.22. The number of rotatable bonds is 4. The fraction of sp³-hybridized carbons (Fsp3) is 0.500. The zero-order chi connectivity index (χ0) is 10.6. The number of hydrogen-bond donors (Lipinski definition) is 1. The van der Waals surface area contributed by atoms with E-state index in [4.69, 9.17) is 5.73 Å². The number of nitrogens with two attached hydrogens (primary N) is 1. The Morgan fingerprint density at radius 1 is 1.21 bits per heavy atom. The molecule has 2 N–H and O–H groups in total. The Balaban J connectivity index is 2.47. The Morgan fingerprint density at radius 2 is 1.79 bits per heavy atom. The van der Waals surface area contributed by atoms with E-state index in [0.29, 0.717) is 5.92 Å². The van der Waals surface area contributed by atoms with Crippen LogP contribution in [0.25, 0.3) is 0 Å². The molecule has 1 atom stereocenters. The molecule has 14 heavy (non-hydrogen) atoms. The first-order valence-electron chi connectivity index (χ1n) is 5.08. The Bertz CT molecular complexity index is 266. The third kappa shape index (κ3) is 3.88. The van der Waals surface area contributed by atoms with Gasteiger partial charge in [-0.1, -0.05) is 26.0 Å². The van der Waals surface area contributed by atoms with E-state index in [1.54, 1.807) is 12.1 Å². The van der Waals surface area contributed by atoms with Gasteiger partial charge in [-0.05, 0) is 36.5 Å². The number of benzene rings is 1. The lowest BCUT2D eigenvalue weighted by Gasteiger charge is -2.13. The van der Waals surface area contributed by atoms with Gasteiger partial charge in [-0.15, -0.1) is 0 Å². The molecule has 0 spiro atoms. The highest BCUT2D eigenvalue weighted by molar-refractivity contribution is 5.17. The fourth-order valence-corrected chi connectivity index (χ4v) is 1.61. The first kappa shape index (κ1) is 11.2. The van der Waals surface area contributed by atoms with Crippen molar-refractivity contribution < 1.29 is 4.39 Å². The molecule has 0 aliphatic heterocycles. The molecule has 0 fully saturated rings. The van der Waals surface area contributed by atoms with Gasteiger partial charge in [0, 0.05) is 6.04 Å². The lowest BCUT2D eigenvalue weighted by Crippen LogP contribution is -2.24. The molecular formula is C12H18FN. The van der Waals surface area contributed by atoms with Crippen molar-refractivity contribution in [2.75, 3.05) is 0 Å². The van der Waals surface area contributed by atoms with Crippen molar-refractivity contribution in [3.8, 4) is 0 Å². The minimum Gasteiger partial charge on any atom is -0.327 e. The van der Waals surface area contributed by atoms with Gasteiger partial charge >= 0.3 is 0 Å². The maximum absolute atomic E-state index is 12.6. The minimum atomic E-state index is -0.189. The van der Waals surface area contributed by atoms with Crippen LogP contribution in [0.1, 0.15) is 25.8 Å². The minimum absolute atomic E-state index is 0.181. The van der Waals surface area contributed by atoms with Crippen LogP contribution in [-0.4, -0.2) is 6.04 Å². The molecule has 0 aliphatic carbocycles. The summed E-state index contributed by atoms with van der Waals surface area (Å²) in [5, 5.41) is 0. The highest BCUT2D eigenvalue weighted by Gasteiger charge is 2.06. The van der Waals surface area contributed by atoms with E-state index >= 15 is 0 Å². The summed E-state index contributed by atoms with van der Waals surface area (Å²) >= 11 is 0. The van der Waals surface area contributed by atoms with Crippen molar-refractivity contribution >= 4 is 0 Å². The van der Waals surface area contributed by atoms with Crippen LogP contribution in [0.4, 0.5) is 4.39 Å². The Kier molecular flexibility index (Phi) is 4.08. The van der Waals surface area contributed by atoms with Gasteiger partial charge in [0.1, 0.15) is 5.82 Å². The van der Waals surface area contributed by atoms with Gasteiger partial charge < -0.3 is 5.73 Å². The molecule has 0 aliphatic rings. The Hall–Kier alpha value is -0.890. The standard InChI is InChI=1S/C12H18FN/c1-9(2)7-12(14)8-10-3-5-11(13)6-4-10/h3-6,9,12H,7-8,14H2,1-2H3. The van der Waals surface area contributed by atoms with Gasteiger partial charge in [0.2, 0.25) is 0 Å². The Morgan fingerprint density at radius 3 is 2.29 bits per heavy atom. The molecule has 0 saturated carbocycles. The predicted molar refractivity (Wildman–Crippen MR) is 57.5 cm³/mol. The van der Waals surface area contributed by atoms with E-state index in [2.05, 4.69) is 13.8 Å². The second kappa shape index (κ2) is 5.11. The van der Waals surface area contributed by atoms with Crippen LogP contribution < -0.4 is 5.73 Å². The quantitative estimate of drug-likeness (QED) is 0.785. The van der Waals surface area contributed by atoms with Crippen molar-refractivity contribution in [3.05, 3.63) is 35.6 Å². The topological polar surface area (TPSA) is 26.0 Å². The molecule has 1 rings (SSSR count). The predicted octanol–water partition coefficient (Wildman–Crippen LogP) is 2.74. The van der Waals surface area contributed by atoms with Crippen LogP contribution in [0.5, 0.6) is 0 Å². The van der Waals surface area contributed by atoms with Gasteiger partial charge in [-0.25, -0.2) is 4.39 Å². The van der Waals surface area contributed by atoms with Crippen LogP contribution in [0, 0.1) is 11.7 Å². The Labute approximate surface area is 85.1 Å². The molecule has 0 bridgehead atoms. The van der Waals surface area contributed by atoms with Gasteiger partial charge in [0.15, 0.2) is 0 Å². The zero-order valence-corrected chi connectivity index (χ0v) is 8.83. The highest BCUT2D eigenvalue weighted by Crippen LogP contribution is 2.10. The summed E-state index contributed by atoms with van der Waals surface area (Å²) in [5.41, 5.74) is 7.06. The summed E-state index contributed by atoms with van der Waals surface area (Å²) in [6.07, 6.45) is 1.84. The first-order chi connectivity index (χ1) is 6.58. The van der Waals surface area contributed by atoms with Crippen LogP contribution in [0.3, 0.4) is 0 Å². The van der Waals surface area contributed by atoms with E-state index < -0.39 is 0 Å². The van der Waals surface area contributed by atoms with Crippen molar-refractivity contribution in [3.63, 3.8) is 0 Å². The largest absolute Gasteiger partial charge is 0.327 e. The van der Waals surface area contributed by atoms with Crippen molar-refractivity contribution in [2.24, 2.45) is 11.7 Å². The van der Waals surface area contributed by atoms with Crippen LogP contribution >= 0.6 is 0 Å². The summed E-state index contributed by atoms with van der Waals surface area (Å²) in [6.45, 7) is 4.31. The summed E-state index contributed by atoms with van der Waals surface area (Å²) in [6, 6.07) is 6.75. The smallest absolute Gasteiger partial charge is 0.123 e. The van der Waals surface area contributed by atoms with Crippen molar-refractivity contribution in [1.29, 1.82) is 0 Å². The van der Waals surface area contributed by atoms with E-state index in [0.717, 1.165) is 18.4 Å². The van der Waals surface area contributed by atoms with E-state index in [1.165, 1.54) is 12.1 Å². The van der Waals surface area contributed by atoms with Crippen LogP contribution in [0.2, 0.25) is 0 Å². The molecule has 78 valence electrons. The third-order valence-electron chi connectivity index (χ3n) is 2.19. The summed E-state index contributed by atoms with van der Waals surface area (Å²) in [7, 11) is 0. The molecule has 1 aromatic rings. The molecule has 0 aromatic heterocycles. The number of halogens is 1. The van der Waals surface area contributed by atoms with E-state index in [9.17, 15) is 4.39 Å². The maximum Gasteiger partial charge on any atom is 0.123 e. The van der Waals surface area contributed by atoms with E-state index in [-0.39, 0.29) is 11.9 Å². The molecule has 0 heterocycles. The molecule has 1 aromatic carbocycles.